The van der Waals surface area contributed by atoms with Crippen molar-refractivity contribution in [3.8, 4) is 17.3 Å². The molecule has 2 N–H and O–H groups in total. The fourth-order valence-corrected chi connectivity index (χ4v) is 4.28. The second kappa shape index (κ2) is 9.04. The lowest BCUT2D eigenvalue weighted by atomic mass is 9.81. The van der Waals surface area contributed by atoms with E-state index in [0.717, 1.165) is 17.3 Å². The van der Waals surface area contributed by atoms with Crippen molar-refractivity contribution in [1.82, 2.24) is 19.7 Å². The first-order valence-corrected chi connectivity index (χ1v) is 10.6. The third-order valence-corrected chi connectivity index (χ3v) is 5.99. The number of aromatic nitrogens is 4. The van der Waals surface area contributed by atoms with Crippen LogP contribution in [0.1, 0.15) is 24.0 Å². The van der Waals surface area contributed by atoms with Crippen LogP contribution in [0.15, 0.2) is 70.3 Å². The molecule has 2 heterocycles. The molecule has 0 unspecified atom stereocenters. The Morgan fingerprint density at radius 3 is 2.16 bits per heavy atom. The molecular formula is C23H19BrF2N4O2. The first-order valence-electron chi connectivity index (χ1n) is 9.84. The molecule has 0 fully saturated rings. The molecule has 6 nitrogen and oxygen atoms in total. The van der Waals surface area contributed by atoms with Gasteiger partial charge in [0, 0.05) is 12.5 Å². The first-order chi connectivity index (χ1) is 15.3. The summed E-state index contributed by atoms with van der Waals surface area (Å²) >= 11 is 3.47. The molecule has 0 aliphatic rings. The van der Waals surface area contributed by atoms with Crippen LogP contribution in [0.2, 0.25) is 0 Å². The van der Waals surface area contributed by atoms with E-state index in [1.54, 1.807) is 35.0 Å². The van der Waals surface area contributed by atoms with Crippen LogP contribution in [0.4, 0.5) is 8.78 Å². The van der Waals surface area contributed by atoms with Crippen LogP contribution >= 0.6 is 15.9 Å². The molecule has 0 bridgehead atoms. The Bertz CT molecular complexity index is 1240. The van der Waals surface area contributed by atoms with E-state index in [2.05, 4.69) is 31.1 Å². The fourth-order valence-electron chi connectivity index (χ4n) is 3.86. The Balaban J connectivity index is 1.75. The zero-order valence-electron chi connectivity index (χ0n) is 17.0. The van der Waals surface area contributed by atoms with Gasteiger partial charge in [-0.15, -0.1) is 0 Å². The Kier molecular flexibility index (Phi) is 6.18. The standard InChI is InChI=1S/C23H19BrF2N4O2/c1-13(12-30-19(24)11-27-23(30)21-22(32)18(31)10-28-29-21)20(14-2-6-16(25)7-3-14)15-4-8-17(26)9-5-15/h2-11,13,20H,12H2,1H3,(H,28,32)(H,29,31)/t13-/m0/s1. The van der Waals surface area contributed by atoms with Crippen molar-refractivity contribution in [2.45, 2.75) is 19.4 Å². The summed E-state index contributed by atoms with van der Waals surface area (Å²) in [6, 6.07) is 12.5. The molecule has 0 saturated heterocycles. The van der Waals surface area contributed by atoms with Gasteiger partial charge in [0.15, 0.2) is 11.6 Å². The van der Waals surface area contributed by atoms with E-state index in [0.29, 0.717) is 17.0 Å². The van der Waals surface area contributed by atoms with Gasteiger partial charge in [-0.05, 0) is 57.2 Å². The van der Waals surface area contributed by atoms with Crippen LogP contribution in [-0.2, 0) is 6.54 Å². The van der Waals surface area contributed by atoms with Gasteiger partial charge in [0.25, 0.3) is 0 Å². The SMILES string of the molecule is C[C@@H](Cn1c(Br)cnc1-c1[nH]ncc(=O)c1O)C(c1ccc(F)cc1)c1ccc(F)cc1. The van der Waals surface area contributed by atoms with E-state index in [1.165, 1.54) is 24.3 Å². The van der Waals surface area contributed by atoms with Crippen LogP contribution < -0.4 is 5.43 Å². The summed E-state index contributed by atoms with van der Waals surface area (Å²) in [5.74, 6) is -1.06. The molecule has 32 heavy (non-hydrogen) atoms. The summed E-state index contributed by atoms with van der Waals surface area (Å²) < 4.78 is 29.5. The average molecular weight is 501 g/mol. The Labute approximate surface area is 190 Å². The van der Waals surface area contributed by atoms with Crippen LogP contribution in [0.25, 0.3) is 11.5 Å². The van der Waals surface area contributed by atoms with E-state index in [4.69, 9.17) is 0 Å². The molecule has 0 radical (unpaired) electrons. The molecule has 9 heteroatoms. The molecule has 0 aliphatic heterocycles. The lowest BCUT2D eigenvalue weighted by Gasteiger charge is -2.26. The summed E-state index contributed by atoms with van der Waals surface area (Å²) in [5, 5.41) is 16.6. The van der Waals surface area contributed by atoms with Gasteiger partial charge in [0.1, 0.15) is 21.9 Å². The first kappa shape index (κ1) is 21.9. The van der Waals surface area contributed by atoms with E-state index < -0.39 is 11.2 Å². The minimum Gasteiger partial charge on any atom is -0.503 e. The Hall–Kier alpha value is -3.33. The summed E-state index contributed by atoms with van der Waals surface area (Å²) in [6.07, 6.45) is 2.56. The van der Waals surface area contributed by atoms with E-state index in [9.17, 15) is 18.7 Å². The molecule has 1 atom stereocenters. The van der Waals surface area contributed by atoms with Crippen LogP contribution in [0.5, 0.6) is 5.75 Å². The molecule has 2 aromatic carbocycles. The van der Waals surface area contributed by atoms with Gasteiger partial charge < -0.3 is 9.67 Å². The molecule has 2 aromatic heterocycles. The van der Waals surface area contributed by atoms with Gasteiger partial charge in [-0.25, -0.2) is 13.8 Å². The largest absolute Gasteiger partial charge is 0.503 e. The molecule has 0 aliphatic carbocycles. The maximum atomic E-state index is 13.5. The molecule has 4 aromatic rings. The van der Waals surface area contributed by atoms with Crippen LogP contribution in [0, 0.1) is 17.6 Å². The molecule has 0 amide bonds. The predicted octanol–water partition coefficient (Wildman–Crippen LogP) is 4.85. The van der Waals surface area contributed by atoms with Crippen molar-refractivity contribution >= 4 is 15.9 Å². The quantitative estimate of drug-likeness (QED) is 0.396. The van der Waals surface area contributed by atoms with Crippen molar-refractivity contribution in [3.63, 3.8) is 0 Å². The number of aromatic hydroxyl groups is 1. The van der Waals surface area contributed by atoms with E-state index in [1.807, 2.05) is 6.92 Å². The number of imidazole rings is 1. The van der Waals surface area contributed by atoms with Crippen molar-refractivity contribution < 1.29 is 13.9 Å². The minimum absolute atomic E-state index is 0.0688. The summed E-state index contributed by atoms with van der Waals surface area (Å²) in [6.45, 7) is 2.44. The van der Waals surface area contributed by atoms with Gasteiger partial charge in [-0.1, -0.05) is 31.2 Å². The number of hydrogen-bond donors (Lipinski definition) is 2. The number of nitrogens with zero attached hydrogens (tertiary/aromatic N) is 3. The number of aromatic amines is 1. The maximum absolute atomic E-state index is 13.5. The smallest absolute Gasteiger partial charge is 0.242 e. The van der Waals surface area contributed by atoms with Crippen molar-refractivity contribution in [3.05, 3.63) is 98.5 Å². The topological polar surface area (TPSA) is 83.8 Å². The highest BCUT2D eigenvalue weighted by Gasteiger charge is 2.25. The Morgan fingerprint density at radius 1 is 1.03 bits per heavy atom. The normalized spacial score (nSPS) is 12.3. The number of benzene rings is 2. The summed E-state index contributed by atoms with van der Waals surface area (Å²) in [7, 11) is 0. The number of rotatable bonds is 6. The zero-order chi connectivity index (χ0) is 22.8. The third-order valence-electron chi connectivity index (χ3n) is 5.36. The van der Waals surface area contributed by atoms with E-state index >= 15 is 0 Å². The molecule has 0 saturated carbocycles. The van der Waals surface area contributed by atoms with Gasteiger partial charge in [0.05, 0.1) is 12.4 Å². The van der Waals surface area contributed by atoms with Gasteiger partial charge in [-0.3, -0.25) is 9.89 Å². The molecular weight excluding hydrogens is 482 g/mol. The summed E-state index contributed by atoms with van der Waals surface area (Å²) in [4.78, 5) is 16.2. The van der Waals surface area contributed by atoms with Gasteiger partial charge >= 0.3 is 0 Å². The van der Waals surface area contributed by atoms with Crippen LogP contribution in [-0.4, -0.2) is 24.9 Å². The van der Waals surface area contributed by atoms with E-state index in [-0.39, 0.29) is 29.2 Å². The lowest BCUT2D eigenvalue weighted by molar-refractivity contribution is 0.430. The fraction of sp³-hybridized carbons (Fsp3) is 0.174. The third kappa shape index (κ3) is 4.34. The number of halogens is 3. The average Bonchev–Trinajstić information content (AvgIpc) is 3.13. The second-order valence-electron chi connectivity index (χ2n) is 7.53. The monoisotopic (exact) mass is 500 g/mol. The number of nitrogens with one attached hydrogen (secondary N) is 1. The highest BCUT2D eigenvalue weighted by molar-refractivity contribution is 9.10. The second-order valence-corrected chi connectivity index (χ2v) is 8.34. The molecule has 0 spiro atoms. The maximum Gasteiger partial charge on any atom is 0.242 e. The van der Waals surface area contributed by atoms with Crippen molar-refractivity contribution in [1.29, 1.82) is 0 Å². The van der Waals surface area contributed by atoms with Crippen molar-refractivity contribution in [2.24, 2.45) is 5.92 Å². The highest BCUT2D eigenvalue weighted by atomic mass is 79.9. The lowest BCUT2D eigenvalue weighted by Crippen LogP contribution is -2.19. The number of hydrogen-bond acceptors (Lipinski definition) is 4. The Morgan fingerprint density at radius 2 is 1.59 bits per heavy atom. The highest BCUT2D eigenvalue weighted by Crippen LogP contribution is 2.35. The molecule has 164 valence electrons. The van der Waals surface area contributed by atoms with Gasteiger partial charge in [0.2, 0.25) is 5.43 Å². The van der Waals surface area contributed by atoms with Crippen LogP contribution in [0.3, 0.4) is 0 Å². The predicted molar refractivity (Wildman–Crippen MR) is 119 cm³/mol. The van der Waals surface area contributed by atoms with Gasteiger partial charge in [-0.2, -0.15) is 5.10 Å². The minimum atomic E-state index is -0.618. The van der Waals surface area contributed by atoms with Crippen molar-refractivity contribution in [2.75, 3.05) is 0 Å². The molecule has 4 rings (SSSR count). The summed E-state index contributed by atoms with van der Waals surface area (Å²) in [5.41, 5.74) is 1.24. The zero-order valence-corrected chi connectivity index (χ0v) is 18.6. The number of H-pyrrole nitrogens is 1.